The highest BCUT2D eigenvalue weighted by atomic mass is 16.5. The van der Waals surface area contributed by atoms with E-state index in [1.807, 2.05) is 26.1 Å². The molecule has 1 amide bonds. The summed E-state index contributed by atoms with van der Waals surface area (Å²) in [5.74, 6) is 2.64. The maximum absolute atomic E-state index is 12.4. The second kappa shape index (κ2) is 9.90. The third-order valence-electron chi connectivity index (χ3n) is 6.94. The van der Waals surface area contributed by atoms with Crippen LogP contribution in [0.15, 0.2) is 16.8 Å². The average molecular weight is 426 g/mol. The van der Waals surface area contributed by atoms with Gasteiger partial charge in [0.25, 0.3) is 0 Å². The van der Waals surface area contributed by atoms with Gasteiger partial charge in [-0.15, -0.1) is 0 Å². The largest absolute Gasteiger partial charge is 0.356 e. The molecule has 2 fully saturated rings. The molecule has 0 spiro atoms. The van der Waals surface area contributed by atoms with Crippen molar-refractivity contribution in [3.05, 3.63) is 29.5 Å². The zero-order valence-electron chi connectivity index (χ0n) is 19.1. The molecule has 1 aliphatic carbocycles. The second-order valence-corrected chi connectivity index (χ2v) is 9.39. The zero-order chi connectivity index (χ0) is 21.8. The summed E-state index contributed by atoms with van der Waals surface area (Å²) in [5, 5.41) is 7.22. The molecule has 2 aliphatic rings. The number of carbonyl (C=O) groups is 1. The van der Waals surface area contributed by atoms with E-state index in [1.165, 1.54) is 19.3 Å². The monoisotopic (exact) mass is 425 g/mol. The SMILES string of the molecule is Cc1cc(-c2cnc(C)nc2C2CCC(CNC(=O)CN3CCCCC3C)CC2)on1. The number of piperidine rings is 1. The molecule has 1 saturated carbocycles. The van der Waals surface area contributed by atoms with Crippen molar-refractivity contribution >= 4 is 5.91 Å². The van der Waals surface area contributed by atoms with Crippen LogP contribution in [0.2, 0.25) is 0 Å². The summed E-state index contributed by atoms with van der Waals surface area (Å²) in [4.78, 5) is 23.9. The van der Waals surface area contributed by atoms with Gasteiger partial charge < -0.3 is 9.84 Å². The van der Waals surface area contributed by atoms with Gasteiger partial charge >= 0.3 is 0 Å². The van der Waals surface area contributed by atoms with Crippen molar-refractivity contribution in [2.45, 2.75) is 77.7 Å². The summed E-state index contributed by atoms with van der Waals surface area (Å²) >= 11 is 0. The first kappa shape index (κ1) is 21.9. The third kappa shape index (κ3) is 5.50. The lowest BCUT2D eigenvalue weighted by Crippen LogP contribution is -2.45. The summed E-state index contributed by atoms with van der Waals surface area (Å²) in [6.45, 7) is 8.46. The van der Waals surface area contributed by atoms with Crippen molar-refractivity contribution in [2.24, 2.45) is 5.92 Å². The summed E-state index contributed by atoms with van der Waals surface area (Å²) in [7, 11) is 0. The predicted molar refractivity (Wildman–Crippen MR) is 120 cm³/mol. The van der Waals surface area contributed by atoms with Gasteiger partial charge in [-0.1, -0.05) is 11.6 Å². The van der Waals surface area contributed by atoms with Gasteiger partial charge in [0.05, 0.1) is 23.5 Å². The van der Waals surface area contributed by atoms with Crippen molar-refractivity contribution in [3.63, 3.8) is 0 Å². The molecule has 0 aromatic carbocycles. The Balaban J connectivity index is 1.30. The maximum Gasteiger partial charge on any atom is 0.234 e. The molecule has 7 heteroatoms. The van der Waals surface area contributed by atoms with E-state index in [0.717, 1.165) is 67.3 Å². The van der Waals surface area contributed by atoms with Gasteiger partial charge in [-0.3, -0.25) is 9.69 Å². The fraction of sp³-hybridized carbons (Fsp3) is 0.667. The summed E-state index contributed by atoms with van der Waals surface area (Å²) < 4.78 is 5.50. The lowest BCUT2D eigenvalue weighted by molar-refractivity contribution is -0.123. The van der Waals surface area contributed by atoms with E-state index < -0.39 is 0 Å². The Hall–Kier alpha value is -2.28. The van der Waals surface area contributed by atoms with Crippen LogP contribution in [0.1, 0.15) is 75.0 Å². The smallest absolute Gasteiger partial charge is 0.234 e. The van der Waals surface area contributed by atoms with Gasteiger partial charge in [0.1, 0.15) is 5.82 Å². The molecule has 1 aliphatic heterocycles. The highest BCUT2D eigenvalue weighted by Gasteiger charge is 2.27. The minimum Gasteiger partial charge on any atom is -0.356 e. The fourth-order valence-corrected chi connectivity index (χ4v) is 5.01. The predicted octanol–water partition coefficient (Wildman–Crippen LogP) is 4.01. The molecular formula is C24H35N5O2. The lowest BCUT2D eigenvalue weighted by atomic mass is 9.79. The molecule has 31 heavy (non-hydrogen) atoms. The number of nitrogens with zero attached hydrogens (tertiary/aromatic N) is 4. The summed E-state index contributed by atoms with van der Waals surface area (Å²) in [5.41, 5.74) is 2.89. The van der Waals surface area contributed by atoms with E-state index >= 15 is 0 Å². The van der Waals surface area contributed by atoms with Crippen LogP contribution in [0.5, 0.6) is 0 Å². The third-order valence-corrected chi connectivity index (χ3v) is 6.94. The van der Waals surface area contributed by atoms with Gasteiger partial charge in [-0.2, -0.15) is 0 Å². The summed E-state index contributed by atoms with van der Waals surface area (Å²) in [6.07, 6.45) is 9.90. The zero-order valence-corrected chi connectivity index (χ0v) is 19.1. The molecule has 1 atom stereocenters. The molecule has 1 unspecified atom stereocenters. The van der Waals surface area contributed by atoms with Crippen molar-refractivity contribution < 1.29 is 9.32 Å². The van der Waals surface area contributed by atoms with Gasteiger partial charge in [0, 0.05) is 30.8 Å². The van der Waals surface area contributed by atoms with Crippen LogP contribution in [0, 0.1) is 19.8 Å². The van der Waals surface area contributed by atoms with Crippen molar-refractivity contribution in [2.75, 3.05) is 19.6 Å². The normalized spacial score (nSPS) is 24.8. The first-order valence-electron chi connectivity index (χ1n) is 11.8. The Kier molecular flexibility index (Phi) is 7.00. The van der Waals surface area contributed by atoms with Gasteiger partial charge in [-0.05, 0) is 71.8 Å². The standard InChI is InChI=1S/C24H35N5O2/c1-16-12-22(31-28-16)21-14-25-18(3)27-24(21)20-9-7-19(8-10-20)13-26-23(30)15-29-11-5-4-6-17(29)2/h12,14,17,19-20H,4-11,13,15H2,1-3H3,(H,26,30). The quantitative estimate of drug-likeness (QED) is 0.753. The highest BCUT2D eigenvalue weighted by Crippen LogP contribution is 2.38. The number of aromatic nitrogens is 3. The fourth-order valence-electron chi connectivity index (χ4n) is 5.01. The molecule has 1 saturated heterocycles. The van der Waals surface area contributed by atoms with Gasteiger partial charge in [0.2, 0.25) is 5.91 Å². The summed E-state index contributed by atoms with van der Waals surface area (Å²) in [6, 6.07) is 2.47. The van der Waals surface area contributed by atoms with Crippen LogP contribution in [-0.2, 0) is 4.79 Å². The number of rotatable bonds is 6. The van der Waals surface area contributed by atoms with E-state index in [1.54, 1.807) is 0 Å². The minimum absolute atomic E-state index is 0.172. The van der Waals surface area contributed by atoms with Crippen LogP contribution < -0.4 is 5.32 Å². The Morgan fingerprint density at radius 1 is 1.19 bits per heavy atom. The molecule has 7 nitrogen and oxygen atoms in total. The van der Waals surface area contributed by atoms with Gasteiger partial charge in [0.15, 0.2) is 5.76 Å². The van der Waals surface area contributed by atoms with Crippen molar-refractivity contribution in [1.29, 1.82) is 0 Å². The Labute approximate surface area is 185 Å². The number of hydrogen-bond acceptors (Lipinski definition) is 6. The first-order valence-corrected chi connectivity index (χ1v) is 11.8. The molecule has 0 bridgehead atoms. The molecule has 168 valence electrons. The van der Waals surface area contributed by atoms with E-state index in [0.29, 0.717) is 24.4 Å². The number of amides is 1. The van der Waals surface area contributed by atoms with E-state index in [9.17, 15) is 4.79 Å². The van der Waals surface area contributed by atoms with E-state index in [-0.39, 0.29) is 5.91 Å². The number of nitrogens with one attached hydrogen (secondary N) is 1. The highest BCUT2D eigenvalue weighted by molar-refractivity contribution is 5.78. The Bertz CT molecular complexity index is 888. The first-order chi connectivity index (χ1) is 15.0. The number of hydrogen-bond donors (Lipinski definition) is 1. The maximum atomic E-state index is 12.4. The molecule has 2 aromatic heterocycles. The number of carbonyl (C=O) groups excluding carboxylic acids is 1. The molecule has 0 radical (unpaired) electrons. The second-order valence-electron chi connectivity index (χ2n) is 9.39. The van der Waals surface area contributed by atoms with Crippen LogP contribution in [-0.4, -0.2) is 51.6 Å². The van der Waals surface area contributed by atoms with Crippen LogP contribution in [0.3, 0.4) is 0 Å². The molecule has 3 heterocycles. The minimum atomic E-state index is 0.172. The molecular weight excluding hydrogens is 390 g/mol. The number of aryl methyl sites for hydroxylation is 2. The molecule has 1 N–H and O–H groups in total. The molecule has 2 aromatic rings. The Morgan fingerprint density at radius 2 is 2.00 bits per heavy atom. The molecule has 4 rings (SSSR count). The van der Waals surface area contributed by atoms with E-state index in [2.05, 4.69) is 27.3 Å². The van der Waals surface area contributed by atoms with Crippen LogP contribution in [0.4, 0.5) is 0 Å². The van der Waals surface area contributed by atoms with Crippen molar-refractivity contribution in [3.8, 4) is 11.3 Å². The Morgan fingerprint density at radius 3 is 2.71 bits per heavy atom. The van der Waals surface area contributed by atoms with E-state index in [4.69, 9.17) is 9.51 Å². The van der Waals surface area contributed by atoms with Gasteiger partial charge in [-0.25, -0.2) is 9.97 Å². The van der Waals surface area contributed by atoms with Crippen molar-refractivity contribution in [1.82, 2.24) is 25.3 Å². The lowest BCUT2D eigenvalue weighted by Gasteiger charge is -2.33. The topological polar surface area (TPSA) is 84.2 Å². The van der Waals surface area contributed by atoms with Crippen LogP contribution in [0.25, 0.3) is 11.3 Å². The van der Waals surface area contributed by atoms with Crippen LogP contribution >= 0.6 is 0 Å². The average Bonchev–Trinajstić information content (AvgIpc) is 3.20. The number of likely N-dealkylation sites (tertiary alicyclic amines) is 1.